The van der Waals surface area contributed by atoms with E-state index in [1.165, 1.54) is 0 Å². The lowest BCUT2D eigenvalue weighted by Gasteiger charge is -2.30. The maximum atomic E-state index is 13.0. The average molecular weight is 292 g/mol. The SMILES string of the molecule is Cc1ccc(S(=O)[C@]23N=N[C@H](C)[C@@]2(C)COC3=O)cc1. The number of benzene rings is 1. The molecule has 106 valence electrons. The predicted octanol–water partition coefficient (Wildman–Crippen LogP) is 2.22. The van der Waals surface area contributed by atoms with Gasteiger partial charge in [-0.25, -0.2) is 4.79 Å². The van der Waals surface area contributed by atoms with Crippen molar-refractivity contribution < 1.29 is 13.7 Å². The number of hydrogen-bond acceptors (Lipinski definition) is 5. The zero-order valence-corrected chi connectivity index (χ0v) is 12.4. The van der Waals surface area contributed by atoms with E-state index in [0.29, 0.717) is 4.90 Å². The van der Waals surface area contributed by atoms with Crippen molar-refractivity contribution in [2.24, 2.45) is 15.6 Å². The number of carbonyl (C=O) groups excluding carboxylic acids is 1. The second kappa shape index (κ2) is 4.22. The van der Waals surface area contributed by atoms with Crippen LogP contribution in [0.1, 0.15) is 19.4 Å². The first-order valence-electron chi connectivity index (χ1n) is 6.49. The molecule has 3 rings (SSSR count). The van der Waals surface area contributed by atoms with Gasteiger partial charge in [-0.15, -0.1) is 0 Å². The highest BCUT2D eigenvalue weighted by Gasteiger charge is 2.70. The van der Waals surface area contributed by atoms with Gasteiger partial charge in [0, 0.05) is 4.90 Å². The standard InChI is InChI=1S/C14H16N2O3S/c1-9-4-6-11(7-5-9)20(18)14-12(17)19-8-13(14,3)10(2)15-16-14/h4-7,10H,8H2,1-3H3/t10-,13-,14+,20?/m1/s1. The van der Waals surface area contributed by atoms with Crippen LogP contribution in [0.25, 0.3) is 0 Å². The molecule has 0 saturated carbocycles. The number of ether oxygens (including phenoxy) is 1. The Morgan fingerprint density at radius 1 is 1.35 bits per heavy atom. The van der Waals surface area contributed by atoms with Gasteiger partial charge >= 0.3 is 5.97 Å². The maximum Gasteiger partial charge on any atom is 0.350 e. The molecule has 2 aliphatic heterocycles. The molecule has 1 aromatic rings. The number of rotatable bonds is 2. The van der Waals surface area contributed by atoms with Crippen molar-refractivity contribution in [1.82, 2.24) is 0 Å². The van der Waals surface area contributed by atoms with E-state index in [1.807, 2.05) is 32.9 Å². The minimum atomic E-state index is -1.62. The topological polar surface area (TPSA) is 68.1 Å². The van der Waals surface area contributed by atoms with Crippen molar-refractivity contribution >= 4 is 16.8 Å². The summed E-state index contributed by atoms with van der Waals surface area (Å²) < 4.78 is 18.2. The number of fused-ring (bicyclic) bond motifs is 1. The van der Waals surface area contributed by atoms with E-state index in [2.05, 4.69) is 10.2 Å². The summed E-state index contributed by atoms with van der Waals surface area (Å²) in [6.45, 7) is 5.90. The highest BCUT2D eigenvalue weighted by molar-refractivity contribution is 7.87. The largest absolute Gasteiger partial charge is 0.462 e. The summed E-state index contributed by atoms with van der Waals surface area (Å²) in [4.78, 5) is 11.4. The van der Waals surface area contributed by atoms with Crippen LogP contribution in [0.15, 0.2) is 39.4 Å². The third kappa shape index (κ3) is 1.48. The van der Waals surface area contributed by atoms with Crippen LogP contribution in [0.3, 0.4) is 0 Å². The van der Waals surface area contributed by atoms with Gasteiger partial charge in [-0.1, -0.05) is 24.6 Å². The highest BCUT2D eigenvalue weighted by Crippen LogP contribution is 2.53. The molecule has 6 heteroatoms. The van der Waals surface area contributed by atoms with Crippen LogP contribution in [0.2, 0.25) is 0 Å². The van der Waals surface area contributed by atoms with Crippen LogP contribution < -0.4 is 0 Å². The van der Waals surface area contributed by atoms with Crippen LogP contribution >= 0.6 is 0 Å². The van der Waals surface area contributed by atoms with Gasteiger partial charge in [0.15, 0.2) is 0 Å². The molecule has 1 unspecified atom stereocenters. The molecule has 1 saturated heterocycles. The summed E-state index contributed by atoms with van der Waals surface area (Å²) in [7, 11) is -1.62. The zero-order chi connectivity index (χ0) is 14.5. The van der Waals surface area contributed by atoms with Crippen LogP contribution in [-0.2, 0) is 20.3 Å². The molecule has 1 fully saturated rings. The smallest absolute Gasteiger partial charge is 0.350 e. The fraction of sp³-hybridized carbons (Fsp3) is 0.500. The second-order valence-corrected chi connectivity index (χ2v) is 7.21. The van der Waals surface area contributed by atoms with E-state index in [9.17, 15) is 9.00 Å². The van der Waals surface area contributed by atoms with Gasteiger partial charge in [-0.05, 0) is 26.0 Å². The summed E-state index contributed by atoms with van der Waals surface area (Å²) in [6.07, 6.45) is 0. The molecule has 0 spiro atoms. The Hall–Kier alpha value is -1.56. The lowest BCUT2D eigenvalue weighted by molar-refractivity contribution is -0.140. The maximum absolute atomic E-state index is 13.0. The van der Waals surface area contributed by atoms with E-state index >= 15 is 0 Å². The van der Waals surface area contributed by atoms with E-state index in [4.69, 9.17) is 4.74 Å². The number of nitrogens with zero attached hydrogens (tertiary/aromatic N) is 2. The van der Waals surface area contributed by atoms with Crippen molar-refractivity contribution in [3.8, 4) is 0 Å². The van der Waals surface area contributed by atoms with Gasteiger partial charge < -0.3 is 4.74 Å². The molecule has 0 aromatic heterocycles. The Morgan fingerprint density at radius 2 is 2.00 bits per heavy atom. The molecule has 0 aliphatic carbocycles. The second-order valence-electron chi connectivity index (χ2n) is 5.61. The Balaban J connectivity index is 2.11. The quantitative estimate of drug-likeness (QED) is 0.785. The molecule has 4 atom stereocenters. The van der Waals surface area contributed by atoms with Gasteiger partial charge in [-0.2, -0.15) is 10.2 Å². The number of esters is 1. The Labute approximate surface area is 119 Å². The summed E-state index contributed by atoms with van der Waals surface area (Å²) >= 11 is 0. The minimum absolute atomic E-state index is 0.191. The van der Waals surface area contributed by atoms with Crippen LogP contribution in [0.4, 0.5) is 0 Å². The van der Waals surface area contributed by atoms with Gasteiger partial charge in [0.1, 0.15) is 6.61 Å². The Morgan fingerprint density at radius 3 is 2.65 bits per heavy atom. The summed E-state index contributed by atoms with van der Waals surface area (Å²) in [5.74, 6) is -0.535. The fourth-order valence-electron chi connectivity index (χ4n) is 2.66. The number of hydrogen-bond donors (Lipinski definition) is 0. The summed E-state index contributed by atoms with van der Waals surface area (Å²) in [6, 6.07) is 7.09. The van der Waals surface area contributed by atoms with Crippen LogP contribution in [0, 0.1) is 12.3 Å². The summed E-state index contributed by atoms with van der Waals surface area (Å²) in [5.41, 5.74) is 0.418. The molecule has 0 radical (unpaired) electrons. The monoisotopic (exact) mass is 292 g/mol. The van der Waals surface area contributed by atoms with Crippen molar-refractivity contribution in [1.29, 1.82) is 0 Å². The van der Waals surface area contributed by atoms with E-state index < -0.39 is 27.1 Å². The minimum Gasteiger partial charge on any atom is -0.462 e. The molecule has 0 bridgehead atoms. The lowest BCUT2D eigenvalue weighted by Crippen LogP contribution is -2.50. The first kappa shape index (κ1) is 13.4. The normalized spacial score (nSPS) is 36.8. The number of carbonyl (C=O) groups is 1. The Bertz CT molecular complexity index is 628. The van der Waals surface area contributed by atoms with Crippen molar-refractivity contribution in [2.45, 2.75) is 36.6 Å². The van der Waals surface area contributed by atoms with Crippen LogP contribution in [-0.4, -0.2) is 27.7 Å². The molecular weight excluding hydrogens is 276 g/mol. The lowest BCUT2D eigenvalue weighted by atomic mass is 9.80. The fourth-order valence-corrected chi connectivity index (χ4v) is 4.36. The number of azo groups is 1. The molecular formula is C14H16N2O3S. The van der Waals surface area contributed by atoms with E-state index in [-0.39, 0.29) is 12.6 Å². The third-order valence-corrected chi connectivity index (χ3v) is 6.30. The number of cyclic esters (lactones) is 1. The highest BCUT2D eigenvalue weighted by atomic mass is 32.2. The molecule has 0 N–H and O–H groups in total. The van der Waals surface area contributed by atoms with Gasteiger partial charge in [-0.3, -0.25) is 4.21 Å². The van der Waals surface area contributed by atoms with Crippen molar-refractivity contribution in [3.63, 3.8) is 0 Å². The van der Waals surface area contributed by atoms with Crippen LogP contribution in [0.5, 0.6) is 0 Å². The molecule has 2 aliphatic rings. The molecule has 5 nitrogen and oxygen atoms in total. The first-order valence-corrected chi connectivity index (χ1v) is 7.64. The number of aryl methyl sites for hydroxylation is 1. The van der Waals surface area contributed by atoms with E-state index in [0.717, 1.165) is 5.56 Å². The van der Waals surface area contributed by atoms with Gasteiger partial charge in [0.05, 0.1) is 22.3 Å². The average Bonchev–Trinajstić information content (AvgIpc) is 2.85. The van der Waals surface area contributed by atoms with Gasteiger partial charge in [0.2, 0.25) is 0 Å². The van der Waals surface area contributed by atoms with Gasteiger partial charge in [0.25, 0.3) is 4.87 Å². The molecule has 0 amide bonds. The van der Waals surface area contributed by atoms with Crippen molar-refractivity contribution in [2.75, 3.05) is 6.61 Å². The summed E-state index contributed by atoms with van der Waals surface area (Å²) in [5, 5.41) is 8.22. The molecule has 20 heavy (non-hydrogen) atoms. The molecule has 1 aromatic carbocycles. The Kier molecular flexibility index (Phi) is 2.83. The molecule has 2 heterocycles. The zero-order valence-electron chi connectivity index (χ0n) is 11.6. The van der Waals surface area contributed by atoms with Crippen molar-refractivity contribution in [3.05, 3.63) is 29.8 Å². The predicted molar refractivity (Wildman–Crippen MR) is 73.7 cm³/mol. The third-order valence-electron chi connectivity index (χ3n) is 4.35. The first-order chi connectivity index (χ1) is 9.42. The van der Waals surface area contributed by atoms with E-state index in [1.54, 1.807) is 12.1 Å².